The fourth-order valence-corrected chi connectivity index (χ4v) is 2.10. The second-order valence-corrected chi connectivity index (χ2v) is 4.55. The van der Waals surface area contributed by atoms with Gasteiger partial charge >= 0.3 is 12.1 Å². The maximum atomic E-state index is 12.5. The van der Waals surface area contributed by atoms with E-state index in [1.807, 2.05) is 0 Å². The van der Waals surface area contributed by atoms with Gasteiger partial charge in [0.1, 0.15) is 0 Å². The molecule has 110 valence electrons. The van der Waals surface area contributed by atoms with Crippen molar-refractivity contribution in [3.8, 4) is 0 Å². The van der Waals surface area contributed by atoms with Gasteiger partial charge in [-0.1, -0.05) is 0 Å². The van der Waals surface area contributed by atoms with E-state index < -0.39 is 28.3 Å². The number of thioether (sulfide) groups is 1. The summed E-state index contributed by atoms with van der Waals surface area (Å²) in [4.78, 5) is 21.0. The van der Waals surface area contributed by atoms with Crippen molar-refractivity contribution >= 4 is 23.4 Å². The molecule has 0 radical (unpaired) electrons. The molecule has 0 amide bonds. The van der Waals surface area contributed by atoms with Crippen LogP contribution >= 0.6 is 11.8 Å². The summed E-state index contributed by atoms with van der Waals surface area (Å²) in [5, 5.41) is 10.8. The van der Waals surface area contributed by atoms with E-state index in [0.717, 1.165) is 23.9 Å². The first kappa shape index (κ1) is 16.3. The first-order chi connectivity index (χ1) is 9.25. The van der Waals surface area contributed by atoms with E-state index in [1.54, 1.807) is 6.92 Å². The highest BCUT2D eigenvalue weighted by Crippen LogP contribution is 2.36. The molecule has 0 aliphatic heterocycles. The molecule has 0 N–H and O–H groups in total. The van der Waals surface area contributed by atoms with E-state index in [4.69, 9.17) is 0 Å². The number of alkyl halides is 3. The number of rotatable bonds is 5. The zero-order chi connectivity index (χ0) is 15.3. The smallest absolute Gasteiger partial charge is 0.416 e. The molecule has 0 aliphatic rings. The van der Waals surface area contributed by atoms with Gasteiger partial charge in [0, 0.05) is 6.07 Å². The highest BCUT2D eigenvalue weighted by atomic mass is 32.2. The number of hydrogen-bond donors (Lipinski definition) is 0. The number of carbonyl (C=O) groups is 1. The third-order valence-corrected chi connectivity index (χ3v) is 3.17. The lowest BCUT2D eigenvalue weighted by Gasteiger charge is -2.08. The second-order valence-electron chi connectivity index (χ2n) is 3.53. The Hall–Kier alpha value is -1.77. The minimum Gasteiger partial charge on any atom is -0.465 e. The molecule has 5 nitrogen and oxygen atoms in total. The summed E-state index contributed by atoms with van der Waals surface area (Å²) >= 11 is 0.759. The van der Waals surface area contributed by atoms with Crippen LogP contribution in [0.3, 0.4) is 0 Å². The number of esters is 1. The number of nitro groups is 1. The van der Waals surface area contributed by atoms with Gasteiger partial charge in [-0.25, -0.2) is 0 Å². The Balaban J connectivity index is 2.97. The van der Waals surface area contributed by atoms with Crippen molar-refractivity contribution in [2.24, 2.45) is 0 Å². The SMILES string of the molecule is CCOC(=O)CSc1ccc(C(F)(F)F)cc1[N+](=O)[O-]. The summed E-state index contributed by atoms with van der Waals surface area (Å²) in [6.07, 6.45) is -4.66. The Labute approximate surface area is 116 Å². The lowest BCUT2D eigenvalue weighted by Crippen LogP contribution is -2.08. The fraction of sp³-hybridized carbons (Fsp3) is 0.364. The lowest BCUT2D eigenvalue weighted by molar-refractivity contribution is -0.388. The maximum Gasteiger partial charge on any atom is 0.416 e. The minimum atomic E-state index is -4.66. The highest BCUT2D eigenvalue weighted by molar-refractivity contribution is 8.00. The molecule has 0 fully saturated rings. The molecule has 0 spiro atoms. The quantitative estimate of drug-likeness (QED) is 0.361. The van der Waals surface area contributed by atoms with Crippen LogP contribution in [-0.2, 0) is 15.7 Å². The van der Waals surface area contributed by atoms with Gasteiger partial charge in [0.05, 0.1) is 27.7 Å². The van der Waals surface area contributed by atoms with Crippen molar-refractivity contribution in [3.05, 3.63) is 33.9 Å². The van der Waals surface area contributed by atoms with Crippen LogP contribution in [0.25, 0.3) is 0 Å². The Kier molecular flexibility index (Phi) is 5.37. The summed E-state index contributed by atoms with van der Waals surface area (Å²) in [5.74, 6) is -0.799. The minimum absolute atomic E-state index is 0.0175. The third kappa shape index (κ3) is 4.41. The molecule has 0 aliphatic carbocycles. The van der Waals surface area contributed by atoms with Crippen LogP contribution in [0, 0.1) is 10.1 Å². The molecule has 0 unspecified atom stereocenters. The number of carbonyl (C=O) groups excluding carboxylic acids is 1. The van der Waals surface area contributed by atoms with Gasteiger partial charge in [0.25, 0.3) is 5.69 Å². The third-order valence-electron chi connectivity index (χ3n) is 2.13. The van der Waals surface area contributed by atoms with Gasteiger partial charge < -0.3 is 4.74 Å². The molecule has 1 aromatic rings. The van der Waals surface area contributed by atoms with Crippen molar-refractivity contribution in [1.82, 2.24) is 0 Å². The first-order valence-electron chi connectivity index (χ1n) is 5.39. The fourth-order valence-electron chi connectivity index (χ4n) is 1.30. The van der Waals surface area contributed by atoms with E-state index >= 15 is 0 Å². The maximum absolute atomic E-state index is 12.5. The summed E-state index contributed by atoms with van der Waals surface area (Å²) < 4.78 is 42.1. The normalized spacial score (nSPS) is 11.2. The Morgan fingerprint density at radius 3 is 2.60 bits per heavy atom. The molecular weight excluding hydrogens is 299 g/mol. The van der Waals surface area contributed by atoms with Crippen LogP contribution < -0.4 is 0 Å². The number of benzene rings is 1. The highest BCUT2D eigenvalue weighted by Gasteiger charge is 2.33. The van der Waals surface area contributed by atoms with Crippen molar-refractivity contribution in [2.45, 2.75) is 18.0 Å². The van der Waals surface area contributed by atoms with Gasteiger partial charge in [-0.3, -0.25) is 14.9 Å². The standard InChI is InChI=1S/C11H10F3NO4S/c1-2-19-10(16)6-20-9-4-3-7(11(12,13)14)5-8(9)15(17)18/h3-5H,2,6H2,1H3. The van der Waals surface area contributed by atoms with Crippen LogP contribution in [-0.4, -0.2) is 23.3 Å². The number of hydrogen-bond acceptors (Lipinski definition) is 5. The largest absolute Gasteiger partial charge is 0.465 e. The molecular formula is C11H10F3NO4S. The average Bonchev–Trinajstić information content (AvgIpc) is 2.35. The Morgan fingerprint density at radius 2 is 2.10 bits per heavy atom. The van der Waals surface area contributed by atoms with Gasteiger partial charge in [-0.2, -0.15) is 13.2 Å². The molecule has 0 saturated heterocycles. The van der Waals surface area contributed by atoms with Gasteiger partial charge in [0.15, 0.2) is 0 Å². The molecule has 9 heteroatoms. The summed E-state index contributed by atoms with van der Waals surface area (Å²) in [6.45, 7) is 1.76. The van der Waals surface area contributed by atoms with Crippen LogP contribution in [0.4, 0.5) is 18.9 Å². The summed E-state index contributed by atoms with van der Waals surface area (Å²) in [7, 11) is 0. The van der Waals surface area contributed by atoms with Crippen molar-refractivity contribution < 1.29 is 27.6 Å². The molecule has 0 atom stereocenters. The van der Waals surface area contributed by atoms with Crippen LogP contribution in [0.2, 0.25) is 0 Å². The van der Waals surface area contributed by atoms with Gasteiger partial charge in [0.2, 0.25) is 0 Å². The van der Waals surface area contributed by atoms with Gasteiger partial charge in [-0.05, 0) is 19.1 Å². The number of nitrogens with zero attached hydrogens (tertiary/aromatic N) is 1. The van der Waals surface area contributed by atoms with E-state index in [9.17, 15) is 28.1 Å². The monoisotopic (exact) mass is 309 g/mol. The molecule has 1 rings (SSSR count). The lowest BCUT2D eigenvalue weighted by atomic mass is 10.2. The molecule has 1 aromatic carbocycles. The first-order valence-corrected chi connectivity index (χ1v) is 6.38. The number of ether oxygens (including phenoxy) is 1. The Bertz CT molecular complexity index is 519. The zero-order valence-electron chi connectivity index (χ0n) is 10.3. The van der Waals surface area contributed by atoms with Crippen molar-refractivity contribution in [1.29, 1.82) is 0 Å². The second kappa shape index (κ2) is 6.60. The molecule has 0 aromatic heterocycles. The van der Waals surface area contributed by atoms with Crippen LogP contribution in [0.15, 0.2) is 23.1 Å². The van der Waals surface area contributed by atoms with Crippen molar-refractivity contribution in [3.63, 3.8) is 0 Å². The molecule has 0 bridgehead atoms. The predicted molar refractivity (Wildman–Crippen MR) is 65.5 cm³/mol. The summed E-state index contributed by atoms with van der Waals surface area (Å²) in [5.41, 5.74) is -1.79. The van der Waals surface area contributed by atoms with E-state index in [-0.39, 0.29) is 17.3 Å². The molecule has 20 heavy (non-hydrogen) atoms. The topological polar surface area (TPSA) is 69.4 Å². The average molecular weight is 309 g/mol. The Morgan fingerprint density at radius 1 is 1.45 bits per heavy atom. The number of halogens is 3. The molecule has 0 heterocycles. The molecule has 0 saturated carbocycles. The van der Waals surface area contributed by atoms with Crippen LogP contribution in [0.5, 0.6) is 0 Å². The van der Waals surface area contributed by atoms with E-state index in [1.165, 1.54) is 0 Å². The van der Waals surface area contributed by atoms with Gasteiger partial charge in [-0.15, -0.1) is 11.8 Å². The van der Waals surface area contributed by atoms with Crippen molar-refractivity contribution in [2.75, 3.05) is 12.4 Å². The summed E-state index contributed by atoms with van der Waals surface area (Å²) in [6, 6.07) is 2.17. The number of nitro benzene ring substituents is 1. The van der Waals surface area contributed by atoms with E-state index in [2.05, 4.69) is 4.74 Å². The van der Waals surface area contributed by atoms with Crippen LogP contribution in [0.1, 0.15) is 12.5 Å². The predicted octanol–water partition coefficient (Wildman–Crippen LogP) is 3.27. The zero-order valence-corrected chi connectivity index (χ0v) is 11.1. The van der Waals surface area contributed by atoms with E-state index in [0.29, 0.717) is 6.07 Å².